The van der Waals surface area contributed by atoms with Crippen LogP contribution in [0.3, 0.4) is 0 Å². The summed E-state index contributed by atoms with van der Waals surface area (Å²) in [6.45, 7) is 18.5. The van der Waals surface area contributed by atoms with Gasteiger partial charge in [0, 0.05) is 12.0 Å². The van der Waals surface area contributed by atoms with Gasteiger partial charge in [-0.3, -0.25) is 4.79 Å². The van der Waals surface area contributed by atoms with Crippen molar-refractivity contribution >= 4 is 6.29 Å². The van der Waals surface area contributed by atoms with Crippen LogP contribution in [0.1, 0.15) is 113 Å². The topological polar surface area (TPSA) is 57.5 Å². The van der Waals surface area contributed by atoms with Crippen molar-refractivity contribution in [2.45, 2.75) is 119 Å². The number of aliphatic hydroxyl groups is 2. The van der Waals surface area contributed by atoms with Gasteiger partial charge in [-0.2, -0.15) is 0 Å². The van der Waals surface area contributed by atoms with E-state index in [4.69, 9.17) is 0 Å². The number of aliphatic hydroxyl groups excluding tert-OH is 1. The van der Waals surface area contributed by atoms with Crippen LogP contribution < -0.4 is 0 Å². The van der Waals surface area contributed by atoms with Gasteiger partial charge in [-0.1, -0.05) is 51.8 Å². The first-order chi connectivity index (χ1) is 16.3. The molecule has 0 heterocycles. The molecule has 3 rings (SSSR count). The molecule has 0 spiro atoms. The lowest BCUT2D eigenvalue weighted by molar-refractivity contribution is -0.115. The third kappa shape index (κ3) is 5.52. The van der Waals surface area contributed by atoms with Crippen LogP contribution in [-0.2, 0) is 4.79 Å². The molecule has 0 saturated heterocycles. The Hall–Kier alpha value is -0.930. The van der Waals surface area contributed by atoms with Crippen LogP contribution >= 0.6 is 0 Å². The summed E-state index contributed by atoms with van der Waals surface area (Å²) in [5.74, 6) is 4.58. The standard InChI is InChI=1S/C32H54O3/c1-21(13-14-28-29-24(4)26(29)19-23(3)30(28,5)6)11-9-16-31(7)27(12-10-18-33)25(22(2)20-34)15-17-32(31,8)35/h11,20,23-24,26-29,33,35H,9-10,12-19H2,1-8H3/b21-11+,25-22-/t23-,24?,26?,27+,28+,29+,31-,32-/m0/s1. The van der Waals surface area contributed by atoms with Gasteiger partial charge in [0.1, 0.15) is 6.29 Å². The lowest BCUT2D eigenvalue weighted by atomic mass is 9.54. The summed E-state index contributed by atoms with van der Waals surface area (Å²) in [4.78, 5) is 11.6. The monoisotopic (exact) mass is 486 g/mol. The fourth-order valence-electron chi connectivity index (χ4n) is 8.23. The minimum atomic E-state index is -0.777. The molecule has 0 aromatic rings. The van der Waals surface area contributed by atoms with Crippen molar-refractivity contribution in [2.24, 2.45) is 46.3 Å². The molecule has 3 saturated carbocycles. The number of hydrogen-bond donors (Lipinski definition) is 2. The number of rotatable bonds is 10. The van der Waals surface area contributed by atoms with Crippen molar-refractivity contribution in [3.05, 3.63) is 22.8 Å². The lowest BCUT2D eigenvalue weighted by Gasteiger charge is -2.53. The highest BCUT2D eigenvalue weighted by molar-refractivity contribution is 5.74. The summed E-state index contributed by atoms with van der Waals surface area (Å²) in [5.41, 5.74) is 2.84. The van der Waals surface area contributed by atoms with Gasteiger partial charge in [-0.25, -0.2) is 0 Å². The molecule has 8 atom stereocenters. The summed E-state index contributed by atoms with van der Waals surface area (Å²) in [5, 5.41) is 21.0. The van der Waals surface area contributed by atoms with E-state index >= 15 is 0 Å². The van der Waals surface area contributed by atoms with E-state index in [1.807, 2.05) is 13.8 Å². The highest BCUT2D eigenvalue weighted by Gasteiger charge is 2.59. The second kappa shape index (κ2) is 10.8. The predicted molar refractivity (Wildman–Crippen MR) is 146 cm³/mol. The Balaban J connectivity index is 1.69. The van der Waals surface area contributed by atoms with E-state index in [1.54, 1.807) is 0 Å². The van der Waals surface area contributed by atoms with Gasteiger partial charge in [0.05, 0.1) is 5.60 Å². The number of carbonyl (C=O) groups excluding carboxylic acids is 1. The summed E-state index contributed by atoms with van der Waals surface area (Å²) < 4.78 is 0. The van der Waals surface area contributed by atoms with Gasteiger partial charge in [-0.15, -0.1) is 0 Å². The van der Waals surface area contributed by atoms with E-state index < -0.39 is 5.60 Å². The largest absolute Gasteiger partial charge is 0.396 e. The van der Waals surface area contributed by atoms with Crippen molar-refractivity contribution in [1.29, 1.82) is 0 Å². The Morgan fingerprint density at radius 3 is 2.43 bits per heavy atom. The molecule has 0 aromatic carbocycles. The fraction of sp³-hybridized carbons (Fsp3) is 0.844. The van der Waals surface area contributed by atoms with Crippen molar-refractivity contribution in [3.8, 4) is 0 Å². The normalized spacial score (nSPS) is 42.4. The molecule has 3 heteroatoms. The number of hydrogen-bond acceptors (Lipinski definition) is 3. The van der Waals surface area contributed by atoms with Crippen LogP contribution in [0.5, 0.6) is 0 Å². The number of carbonyl (C=O) groups is 1. The molecule has 2 N–H and O–H groups in total. The molecule has 0 amide bonds. The average molecular weight is 487 g/mol. The van der Waals surface area contributed by atoms with E-state index in [2.05, 4.69) is 47.6 Å². The molecule has 3 nitrogen and oxygen atoms in total. The van der Waals surface area contributed by atoms with E-state index in [0.717, 1.165) is 67.1 Å². The van der Waals surface area contributed by atoms with Crippen LogP contribution in [0.2, 0.25) is 0 Å². The number of allylic oxidation sites excluding steroid dienone is 4. The Kier molecular flexibility index (Phi) is 8.85. The van der Waals surface area contributed by atoms with Gasteiger partial charge >= 0.3 is 0 Å². The second-order valence-electron chi connectivity index (χ2n) is 13.7. The zero-order valence-corrected chi connectivity index (χ0v) is 24.0. The lowest BCUT2D eigenvalue weighted by Crippen LogP contribution is -2.52. The zero-order valence-electron chi connectivity index (χ0n) is 24.0. The summed E-state index contributed by atoms with van der Waals surface area (Å²) in [6.07, 6.45) is 12.1. The van der Waals surface area contributed by atoms with Crippen molar-refractivity contribution in [1.82, 2.24) is 0 Å². The van der Waals surface area contributed by atoms with Crippen molar-refractivity contribution < 1.29 is 15.0 Å². The second-order valence-corrected chi connectivity index (χ2v) is 13.7. The van der Waals surface area contributed by atoms with Crippen molar-refractivity contribution in [2.75, 3.05) is 6.61 Å². The van der Waals surface area contributed by atoms with Gasteiger partial charge in [-0.05, 0) is 125 Å². The molecule has 3 fully saturated rings. The smallest absolute Gasteiger partial charge is 0.145 e. The number of aldehydes is 1. The first-order valence-electron chi connectivity index (χ1n) is 14.5. The van der Waals surface area contributed by atoms with Gasteiger partial charge in [0.25, 0.3) is 0 Å². The summed E-state index contributed by atoms with van der Waals surface area (Å²) >= 11 is 0. The average Bonchev–Trinajstić information content (AvgIpc) is 3.42. The summed E-state index contributed by atoms with van der Waals surface area (Å²) in [7, 11) is 0. The Bertz CT molecular complexity index is 819. The fourth-order valence-corrected chi connectivity index (χ4v) is 8.23. The molecular weight excluding hydrogens is 432 g/mol. The first kappa shape index (κ1) is 28.6. The summed E-state index contributed by atoms with van der Waals surface area (Å²) in [6, 6.07) is 0. The maximum atomic E-state index is 11.6. The van der Waals surface area contributed by atoms with Crippen LogP contribution in [0.15, 0.2) is 22.8 Å². The first-order valence-corrected chi connectivity index (χ1v) is 14.5. The molecule has 0 radical (unpaired) electrons. The predicted octanol–water partition coefficient (Wildman–Crippen LogP) is 7.51. The third-order valence-electron chi connectivity index (χ3n) is 11.6. The molecule has 0 aromatic heterocycles. The highest BCUT2D eigenvalue weighted by Crippen LogP contribution is 2.66. The third-order valence-corrected chi connectivity index (χ3v) is 11.6. The molecule has 35 heavy (non-hydrogen) atoms. The van der Waals surface area contributed by atoms with E-state index in [-0.39, 0.29) is 17.9 Å². The highest BCUT2D eigenvalue weighted by atomic mass is 16.3. The van der Waals surface area contributed by atoms with E-state index in [0.29, 0.717) is 18.3 Å². The zero-order chi connectivity index (χ0) is 26.2. The Labute approximate surface area is 215 Å². The molecule has 2 unspecified atom stereocenters. The molecule has 3 aliphatic rings. The van der Waals surface area contributed by atoms with Crippen LogP contribution in [0.25, 0.3) is 0 Å². The molecule has 0 aliphatic heterocycles. The SMILES string of the molecule is C/C(C=O)=C1\CC[C@](C)(O)[C@@](C)(CC/C=C(\C)CC[C@@H]2[C@@H]3C(C)C3C[C@H](C)C2(C)C)[C@@H]1CCCO. The minimum Gasteiger partial charge on any atom is -0.396 e. The van der Waals surface area contributed by atoms with Crippen LogP contribution in [-0.4, -0.2) is 28.7 Å². The Morgan fingerprint density at radius 1 is 1.11 bits per heavy atom. The van der Waals surface area contributed by atoms with Crippen LogP contribution in [0.4, 0.5) is 0 Å². The van der Waals surface area contributed by atoms with Crippen LogP contribution in [0, 0.1) is 46.3 Å². The molecule has 0 bridgehead atoms. The van der Waals surface area contributed by atoms with Crippen molar-refractivity contribution in [3.63, 3.8) is 0 Å². The maximum absolute atomic E-state index is 11.6. The number of fused-ring (bicyclic) bond motifs is 1. The molecule has 3 aliphatic carbocycles. The maximum Gasteiger partial charge on any atom is 0.145 e. The van der Waals surface area contributed by atoms with E-state index in [9.17, 15) is 15.0 Å². The molecular formula is C32H54O3. The van der Waals surface area contributed by atoms with Gasteiger partial charge < -0.3 is 10.2 Å². The minimum absolute atomic E-state index is 0.134. The van der Waals surface area contributed by atoms with Gasteiger partial charge in [0.15, 0.2) is 0 Å². The Morgan fingerprint density at radius 2 is 1.80 bits per heavy atom. The van der Waals surface area contributed by atoms with Gasteiger partial charge in [0.2, 0.25) is 0 Å². The quantitative estimate of drug-likeness (QED) is 0.191. The van der Waals surface area contributed by atoms with E-state index in [1.165, 1.54) is 30.4 Å². The molecule has 200 valence electrons.